The van der Waals surface area contributed by atoms with Gasteiger partial charge < -0.3 is 11.1 Å². The SMILES string of the molecule is CSc1ccccc1NC(=O)CSc1cccc(C)c1N. The molecule has 5 heteroatoms. The van der Waals surface area contributed by atoms with Crippen molar-refractivity contribution in [2.45, 2.75) is 16.7 Å². The molecular weight excluding hydrogens is 300 g/mol. The van der Waals surface area contributed by atoms with Crippen molar-refractivity contribution in [2.24, 2.45) is 0 Å². The van der Waals surface area contributed by atoms with Crippen LogP contribution in [0.25, 0.3) is 0 Å². The fourth-order valence-corrected chi connectivity index (χ4v) is 3.26. The van der Waals surface area contributed by atoms with Gasteiger partial charge in [-0.25, -0.2) is 0 Å². The smallest absolute Gasteiger partial charge is 0.234 e. The summed E-state index contributed by atoms with van der Waals surface area (Å²) in [5.41, 5.74) is 8.65. The highest BCUT2D eigenvalue weighted by molar-refractivity contribution is 8.00. The topological polar surface area (TPSA) is 55.1 Å². The number of carbonyl (C=O) groups excluding carboxylic acids is 1. The van der Waals surface area contributed by atoms with E-state index in [4.69, 9.17) is 5.73 Å². The van der Waals surface area contributed by atoms with Crippen molar-refractivity contribution in [3.8, 4) is 0 Å². The Kier molecular flexibility index (Phi) is 5.59. The molecule has 21 heavy (non-hydrogen) atoms. The Morgan fingerprint density at radius 3 is 2.62 bits per heavy atom. The largest absolute Gasteiger partial charge is 0.398 e. The summed E-state index contributed by atoms with van der Waals surface area (Å²) in [6.07, 6.45) is 1.99. The maximum Gasteiger partial charge on any atom is 0.234 e. The van der Waals surface area contributed by atoms with Gasteiger partial charge in [-0.2, -0.15) is 0 Å². The van der Waals surface area contributed by atoms with E-state index in [0.29, 0.717) is 5.75 Å². The van der Waals surface area contributed by atoms with Crippen LogP contribution in [-0.4, -0.2) is 17.9 Å². The minimum Gasteiger partial charge on any atom is -0.398 e. The quantitative estimate of drug-likeness (QED) is 0.645. The highest BCUT2D eigenvalue weighted by Crippen LogP contribution is 2.28. The van der Waals surface area contributed by atoms with E-state index in [1.807, 2.05) is 55.6 Å². The molecule has 3 nitrogen and oxygen atoms in total. The Bertz CT molecular complexity index is 644. The molecule has 0 aliphatic heterocycles. The van der Waals surface area contributed by atoms with E-state index in [1.165, 1.54) is 11.8 Å². The number of nitrogens with two attached hydrogens (primary N) is 1. The first-order valence-electron chi connectivity index (χ1n) is 6.52. The van der Waals surface area contributed by atoms with Gasteiger partial charge in [-0.3, -0.25) is 4.79 Å². The summed E-state index contributed by atoms with van der Waals surface area (Å²) in [5, 5.41) is 2.94. The molecule has 0 atom stereocenters. The van der Waals surface area contributed by atoms with Gasteiger partial charge in [-0.15, -0.1) is 23.5 Å². The number of carbonyl (C=O) groups is 1. The van der Waals surface area contributed by atoms with Crippen LogP contribution in [-0.2, 0) is 4.79 Å². The Morgan fingerprint density at radius 2 is 1.86 bits per heavy atom. The van der Waals surface area contributed by atoms with E-state index in [1.54, 1.807) is 11.8 Å². The van der Waals surface area contributed by atoms with Gasteiger partial charge in [0, 0.05) is 15.5 Å². The minimum atomic E-state index is -0.0255. The number of nitrogen functional groups attached to an aromatic ring is 1. The molecule has 2 rings (SSSR count). The Balaban J connectivity index is 1.98. The molecule has 2 aromatic carbocycles. The Labute approximate surface area is 133 Å². The van der Waals surface area contributed by atoms with E-state index >= 15 is 0 Å². The van der Waals surface area contributed by atoms with Crippen LogP contribution < -0.4 is 11.1 Å². The monoisotopic (exact) mass is 318 g/mol. The number of benzene rings is 2. The van der Waals surface area contributed by atoms with Crippen LogP contribution >= 0.6 is 23.5 Å². The summed E-state index contributed by atoms with van der Waals surface area (Å²) < 4.78 is 0. The lowest BCUT2D eigenvalue weighted by molar-refractivity contribution is -0.113. The summed E-state index contributed by atoms with van der Waals surface area (Å²) in [4.78, 5) is 14.1. The van der Waals surface area contributed by atoms with E-state index in [-0.39, 0.29) is 5.91 Å². The summed E-state index contributed by atoms with van der Waals surface area (Å²) >= 11 is 3.07. The second kappa shape index (κ2) is 7.43. The molecule has 0 aromatic heterocycles. The van der Waals surface area contributed by atoms with Gasteiger partial charge in [0.2, 0.25) is 5.91 Å². The molecule has 0 unspecified atom stereocenters. The number of para-hydroxylation sites is 2. The molecule has 2 aromatic rings. The molecule has 0 aliphatic carbocycles. The van der Waals surface area contributed by atoms with Gasteiger partial charge in [-0.05, 0) is 36.9 Å². The van der Waals surface area contributed by atoms with Gasteiger partial charge in [-0.1, -0.05) is 24.3 Å². The predicted octanol–water partition coefficient (Wildman–Crippen LogP) is 4.03. The third kappa shape index (κ3) is 4.19. The standard InChI is InChI=1S/C16H18N2OS2/c1-11-6-5-9-14(16(11)17)21-10-15(19)18-12-7-3-4-8-13(12)20-2/h3-9H,10,17H2,1-2H3,(H,18,19). The second-order valence-electron chi connectivity index (χ2n) is 4.52. The highest BCUT2D eigenvalue weighted by atomic mass is 32.2. The van der Waals surface area contributed by atoms with Crippen LogP contribution in [0.2, 0.25) is 0 Å². The van der Waals surface area contributed by atoms with Crippen LogP contribution in [0.1, 0.15) is 5.56 Å². The normalized spacial score (nSPS) is 10.4. The molecule has 0 saturated heterocycles. The number of hydrogen-bond acceptors (Lipinski definition) is 4. The van der Waals surface area contributed by atoms with Crippen molar-refractivity contribution in [1.82, 2.24) is 0 Å². The first kappa shape index (κ1) is 15.8. The first-order chi connectivity index (χ1) is 10.1. The molecule has 0 radical (unpaired) electrons. The average molecular weight is 318 g/mol. The first-order valence-corrected chi connectivity index (χ1v) is 8.73. The van der Waals surface area contributed by atoms with Gasteiger partial charge in [0.25, 0.3) is 0 Å². The number of hydrogen-bond donors (Lipinski definition) is 2. The fourth-order valence-electron chi connectivity index (χ4n) is 1.86. The van der Waals surface area contributed by atoms with Crippen molar-refractivity contribution in [2.75, 3.05) is 23.1 Å². The van der Waals surface area contributed by atoms with Gasteiger partial charge in [0.1, 0.15) is 0 Å². The number of anilines is 2. The third-order valence-electron chi connectivity index (χ3n) is 3.02. The van der Waals surface area contributed by atoms with E-state index < -0.39 is 0 Å². The van der Waals surface area contributed by atoms with E-state index in [2.05, 4.69) is 5.32 Å². The second-order valence-corrected chi connectivity index (χ2v) is 6.39. The maximum absolute atomic E-state index is 12.1. The van der Waals surface area contributed by atoms with Crippen LogP contribution in [0.3, 0.4) is 0 Å². The number of nitrogens with one attached hydrogen (secondary N) is 1. The van der Waals surface area contributed by atoms with Crippen molar-refractivity contribution in [1.29, 1.82) is 0 Å². The molecule has 110 valence electrons. The van der Waals surface area contributed by atoms with Crippen molar-refractivity contribution in [3.63, 3.8) is 0 Å². The Hall–Kier alpha value is -1.59. The van der Waals surface area contributed by atoms with E-state index in [9.17, 15) is 4.79 Å². The minimum absolute atomic E-state index is 0.0255. The lowest BCUT2D eigenvalue weighted by Gasteiger charge is -2.10. The maximum atomic E-state index is 12.1. The Morgan fingerprint density at radius 1 is 1.14 bits per heavy atom. The lowest BCUT2D eigenvalue weighted by Crippen LogP contribution is -2.14. The third-order valence-corrected chi connectivity index (χ3v) is 4.89. The molecule has 0 fully saturated rings. The van der Waals surface area contributed by atoms with Crippen molar-refractivity contribution >= 4 is 40.8 Å². The van der Waals surface area contributed by atoms with Gasteiger partial charge >= 0.3 is 0 Å². The summed E-state index contributed by atoms with van der Waals surface area (Å²) in [6, 6.07) is 13.6. The molecule has 0 aliphatic rings. The molecule has 0 bridgehead atoms. The number of amides is 1. The van der Waals surface area contributed by atoms with Gasteiger partial charge in [0.15, 0.2) is 0 Å². The molecule has 3 N–H and O–H groups in total. The van der Waals surface area contributed by atoms with Crippen LogP contribution in [0.5, 0.6) is 0 Å². The molecule has 0 spiro atoms. The molecule has 1 amide bonds. The zero-order valence-corrected chi connectivity index (χ0v) is 13.7. The number of rotatable bonds is 5. The predicted molar refractivity (Wildman–Crippen MR) is 93.2 cm³/mol. The number of thioether (sulfide) groups is 2. The van der Waals surface area contributed by atoms with E-state index in [0.717, 1.165) is 26.7 Å². The number of aryl methyl sites for hydroxylation is 1. The zero-order valence-electron chi connectivity index (χ0n) is 12.1. The summed E-state index contributed by atoms with van der Waals surface area (Å²) in [6.45, 7) is 1.97. The molecular formula is C16H18N2OS2. The summed E-state index contributed by atoms with van der Waals surface area (Å²) in [5.74, 6) is 0.318. The zero-order chi connectivity index (χ0) is 15.2. The van der Waals surface area contributed by atoms with Crippen molar-refractivity contribution < 1.29 is 4.79 Å². The molecule has 0 heterocycles. The summed E-state index contributed by atoms with van der Waals surface area (Å²) in [7, 11) is 0. The fraction of sp³-hybridized carbons (Fsp3) is 0.188. The van der Waals surface area contributed by atoms with Crippen LogP contribution in [0, 0.1) is 6.92 Å². The van der Waals surface area contributed by atoms with Crippen LogP contribution in [0.15, 0.2) is 52.3 Å². The van der Waals surface area contributed by atoms with Crippen molar-refractivity contribution in [3.05, 3.63) is 48.0 Å². The van der Waals surface area contributed by atoms with Gasteiger partial charge in [0.05, 0.1) is 11.4 Å². The average Bonchev–Trinajstić information content (AvgIpc) is 2.49. The molecule has 0 saturated carbocycles. The highest BCUT2D eigenvalue weighted by Gasteiger charge is 2.08. The lowest BCUT2D eigenvalue weighted by atomic mass is 10.2. The van der Waals surface area contributed by atoms with Crippen LogP contribution in [0.4, 0.5) is 11.4 Å².